The topological polar surface area (TPSA) is 50.4 Å². The number of methoxy groups -OCH3 is 1. The van der Waals surface area contributed by atoms with E-state index in [1.807, 2.05) is 24.3 Å². The van der Waals surface area contributed by atoms with Gasteiger partial charge in [0.1, 0.15) is 5.75 Å². The van der Waals surface area contributed by atoms with Crippen LogP contribution in [0.2, 0.25) is 0 Å². The second kappa shape index (κ2) is 6.45. The van der Waals surface area contributed by atoms with Crippen molar-refractivity contribution in [3.63, 3.8) is 0 Å². The monoisotopic (exact) mass is 262 g/mol. The first kappa shape index (κ1) is 13.7. The van der Waals surface area contributed by atoms with Crippen LogP contribution in [0.1, 0.15) is 32.6 Å². The molecule has 0 unspecified atom stereocenters. The zero-order chi connectivity index (χ0) is 13.7. The van der Waals surface area contributed by atoms with Crippen LogP contribution in [0.15, 0.2) is 24.3 Å². The number of benzene rings is 1. The number of hydrogen-bond donors (Lipinski definition) is 2. The van der Waals surface area contributed by atoms with E-state index in [1.54, 1.807) is 7.11 Å². The van der Waals surface area contributed by atoms with Crippen LogP contribution < -0.4 is 15.4 Å². The highest BCUT2D eigenvalue weighted by molar-refractivity contribution is 5.91. The summed E-state index contributed by atoms with van der Waals surface area (Å²) in [4.78, 5) is 12.0. The van der Waals surface area contributed by atoms with Crippen LogP contribution in [0.3, 0.4) is 0 Å². The van der Waals surface area contributed by atoms with Crippen LogP contribution in [0.5, 0.6) is 5.75 Å². The van der Waals surface area contributed by atoms with E-state index in [4.69, 9.17) is 4.74 Å². The van der Waals surface area contributed by atoms with Gasteiger partial charge in [0.05, 0.1) is 12.8 Å². The van der Waals surface area contributed by atoms with Crippen molar-refractivity contribution in [1.82, 2.24) is 5.32 Å². The van der Waals surface area contributed by atoms with E-state index in [-0.39, 0.29) is 12.1 Å². The van der Waals surface area contributed by atoms with Crippen molar-refractivity contribution in [2.75, 3.05) is 12.4 Å². The average molecular weight is 262 g/mol. The zero-order valence-electron chi connectivity index (χ0n) is 11.6. The number of rotatable bonds is 3. The number of hydrogen-bond acceptors (Lipinski definition) is 2. The van der Waals surface area contributed by atoms with Crippen LogP contribution in [0, 0.1) is 5.92 Å². The third-order valence-electron chi connectivity index (χ3n) is 3.78. The largest absolute Gasteiger partial charge is 0.495 e. The third kappa shape index (κ3) is 3.63. The highest BCUT2D eigenvalue weighted by atomic mass is 16.5. The molecule has 1 aromatic carbocycles. The van der Waals surface area contributed by atoms with E-state index in [1.165, 1.54) is 19.3 Å². The van der Waals surface area contributed by atoms with E-state index in [0.29, 0.717) is 17.4 Å². The van der Waals surface area contributed by atoms with Crippen molar-refractivity contribution >= 4 is 11.7 Å². The van der Waals surface area contributed by atoms with Gasteiger partial charge in [-0.3, -0.25) is 0 Å². The molecule has 1 saturated carbocycles. The van der Waals surface area contributed by atoms with Crippen molar-refractivity contribution in [3.8, 4) is 5.75 Å². The van der Waals surface area contributed by atoms with Crippen molar-refractivity contribution in [1.29, 1.82) is 0 Å². The molecule has 1 aliphatic rings. The first-order valence-corrected chi connectivity index (χ1v) is 6.91. The number of urea groups is 1. The van der Waals surface area contributed by atoms with Crippen LogP contribution in [-0.2, 0) is 0 Å². The molecule has 0 heterocycles. The molecule has 104 valence electrons. The zero-order valence-corrected chi connectivity index (χ0v) is 11.6. The molecule has 0 spiro atoms. The standard InChI is InChI=1S/C15H22N2O2/c1-11-7-3-4-8-12(11)16-15(18)17-13-9-5-6-10-14(13)19-2/h5-6,9-12H,3-4,7-8H2,1-2H3,(H2,16,17,18)/t11-,12+/m0/s1. The Morgan fingerprint density at radius 1 is 1.26 bits per heavy atom. The highest BCUT2D eigenvalue weighted by Crippen LogP contribution is 2.25. The maximum atomic E-state index is 12.0. The van der Waals surface area contributed by atoms with Crippen LogP contribution in [-0.4, -0.2) is 19.2 Å². The average Bonchev–Trinajstić information content (AvgIpc) is 2.42. The van der Waals surface area contributed by atoms with E-state index in [9.17, 15) is 4.79 Å². The number of amides is 2. The summed E-state index contributed by atoms with van der Waals surface area (Å²) in [6.45, 7) is 2.20. The predicted molar refractivity (Wildman–Crippen MR) is 76.6 cm³/mol. The summed E-state index contributed by atoms with van der Waals surface area (Å²) < 4.78 is 5.21. The molecule has 2 amide bonds. The molecule has 4 heteroatoms. The third-order valence-corrected chi connectivity index (χ3v) is 3.78. The molecule has 2 atom stereocenters. The molecular formula is C15H22N2O2. The van der Waals surface area contributed by atoms with Gasteiger partial charge in [-0.15, -0.1) is 0 Å². The SMILES string of the molecule is COc1ccccc1NC(=O)N[C@@H]1CCCC[C@@H]1C. The number of anilines is 1. The van der Waals surface area contributed by atoms with E-state index in [0.717, 1.165) is 6.42 Å². The van der Waals surface area contributed by atoms with Gasteiger partial charge >= 0.3 is 6.03 Å². The minimum atomic E-state index is -0.150. The molecule has 0 radical (unpaired) electrons. The van der Waals surface area contributed by atoms with E-state index >= 15 is 0 Å². The first-order chi connectivity index (χ1) is 9.20. The van der Waals surface area contributed by atoms with Gasteiger partial charge in [0.25, 0.3) is 0 Å². The second-order valence-corrected chi connectivity index (χ2v) is 5.17. The molecule has 4 nitrogen and oxygen atoms in total. The van der Waals surface area contributed by atoms with Gasteiger partial charge in [-0.25, -0.2) is 4.79 Å². The van der Waals surface area contributed by atoms with Gasteiger partial charge < -0.3 is 15.4 Å². The molecule has 1 aromatic rings. The molecule has 0 saturated heterocycles. The molecule has 0 aliphatic heterocycles. The fourth-order valence-corrected chi connectivity index (χ4v) is 2.61. The van der Waals surface area contributed by atoms with Crippen LogP contribution in [0.25, 0.3) is 0 Å². The summed E-state index contributed by atoms with van der Waals surface area (Å²) in [5, 5.41) is 5.92. The lowest BCUT2D eigenvalue weighted by Crippen LogP contribution is -2.43. The molecule has 1 fully saturated rings. The fraction of sp³-hybridized carbons (Fsp3) is 0.533. The van der Waals surface area contributed by atoms with Gasteiger partial charge in [-0.05, 0) is 30.9 Å². The number of ether oxygens (including phenoxy) is 1. The van der Waals surface area contributed by atoms with Gasteiger partial charge in [0, 0.05) is 6.04 Å². The lowest BCUT2D eigenvalue weighted by atomic mass is 9.86. The Labute approximate surface area is 114 Å². The van der Waals surface area contributed by atoms with E-state index in [2.05, 4.69) is 17.6 Å². The molecule has 19 heavy (non-hydrogen) atoms. The normalized spacial score (nSPS) is 22.6. The number of carbonyl (C=O) groups excluding carboxylic acids is 1. The Morgan fingerprint density at radius 3 is 2.74 bits per heavy atom. The summed E-state index contributed by atoms with van der Waals surface area (Å²) in [6.07, 6.45) is 4.73. The van der Waals surface area contributed by atoms with Crippen LogP contribution in [0.4, 0.5) is 10.5 Å². The predicted octanol–water partition coefficient (Wildman–Crippen LogP) is 3.40. The Bertz CT molecular complexity index is 434. The van der Waals surface area contributed by atoms with Crippen LogP contribution >= 0.6 is 0 Å². The lowest BCUT2D eigenvalue weighted by Gasteiger charge is -2.29. The van der Waals surface area contributed by atoms with Crippen molar-refractivity contribution in [3.05, 3.63) is 24.3 Å². The smallest absolute Gasteiger partial charge is 0.319 e. The van der Waals surface area contributed by atoms with Crippen molar-refractivity contribution < 1.29 is 9.53 Å². The molecule has 0 bridgehead atoms. The van der Waals surface area contributed by atoms with Crippen molar-refractivity contribution in [2.45, 2.75) is 38.6 Å². The maximum Gasteiger partial charge on any atom is 0.319 e. The maximum absolute atomic E-state index is 12.0. The molecule has 2 rings (SSSR count). The van der Waals surface area contributed by atoms with E-state index < -0.39 is 0 Å². The summed E-state index contributed by atoms with van der Waals surface area (Å²) in [6, 6.07) is 7.56. The number of nitrogens with one attached hydrogen (secondary N) is 2. The highest BCUT2D eigenvalue weighted by Gasteiger charge is 2.22. The minimum absolute atomic E-state index is 0.150. The summed E-state index contributed by atoms with van der Waals surface area (Å²) >= 11 is 0. The van der Waals surface area contributed by atoms with Gasteiger partial charge in [-0.2, -0.15) is 0 Å². The Balaban J connectivity index is 1.93. The molecule has 2 N–H and O–H groups in total. The molecule has 0 aromatic heterocycles. The first-order valence-electron chi connectivity index (χ1n) is 6.91. The second-order valence-electron chi connectivity index (χ2n) is 5.17. The minimum Gasteiger partial charge on any atom is -0.495 e. The Hall–Kier alpha value is -1.71. The molecule has 1 aliphatic carbocycles. The van der Waals surface area contributed by atoms with Gasteiger partial charge in [0.2, 0.25) is 0 Å². The molecular weight excluding hydrogens is 240 g/mol. The lowest BCUT2D eigenvalue weighted by molar-refractivity contribution is 0.232. The summed E-state index contributed by atoms with van der Waals surface area (Å²) in [7, 11) is 1.60. The van der Waals surface area contributed by atoms with Crippen molar-refractivity contribution in [2.24, 2.45) is 5.92 Å². The number of para-hydroxylation sites is 2. The number of carbonyl (C=O) groups is 1. The Kier molecular flexibility index (Phi) is 4.66. The summed E-state index contributed by atoms with van der Waals surface area (Å²) in [5.74, 6) is 1.23. The van der Waals surface area contributed by atoms with Gasteiger partial charge in [-0.1, -0.05) is 31.9 Å². The quantitative estimate of drug-likeness (QED) is 0.877. The van der Waals surface area contributed by atoms with Gasteiger partial charge in [0.15, 0.2) is 0 Å². The fourth-order valence-electron chi connectivity index (χ4n) is 2.61. The Morgan fingerprint density at radius 2 is 2.00 bits per heavy atom. The summed E-state index contributed by atoms with van der Waals surface area (Å²) in [5.41, 5.74) is 0.700.